The molecule has 1 rings (SSSR count). The highest BCUT2D eigenvalue weighted by atomic mass is 28.3. The van der Waals surface area contributed by atoms with Crippen LogP contribution in [-0.4, -0.2) is 27.5 Å². The first-order valence-corrected chi connectivity index (χ1v) is 14.9. The zero-order valence-corrected chi connectivity index (χ0v) is 18.0. The average Bonchev–Trinajstić information content (AvgIpc) is 3.07. The SMILES string of the molecule is C=CC[Si](CC=C)(CC=C)C1CCC([Si](CC=C)(CC=C)CC=C)N1. The molecule has 0 aliphatic carbocycles. The van der Waals surface area contributed by atoms with Crippen molar-refractivity contribution >= 4 is 16.1 Å². The summed E-state index contributed by atoms with van der Waals surface area (Å²) in [6.45, 7) is 24.3. The van der Waals surface area contributed by atoms with Gasteiger partial charge in [0.15, 0.2) is 0 Å². The first-order chi connectivity index (χ1) is 12.1. The molecular weight excluding hydrogens is 334 g/mol. The summed E-state index contributed by atoms with van der Waals surface area (Å²) in [5.74, 6) is 0. The second-order valence-corrected chi connectivity index (χ2v) is 16.8. The number of allylic oxidation sites excluding steroid dienone is 6. The van der Waals surface area contributed by atoms with E-state index in [0.29, 0.717) is 11.3 Å². The van der Waals surface area contributed by atoms with Gasteiger partial charge in [-0.1, -0.05) is 36.5 Å². The molecule has 0 bridgehead atoms. The first kappa shape index (κ1) is 21.9. The van der Waals surface area contributed by atoms with Gasteiger partial charge < -0.3 is 5.32 Å². The smallest absolute Gasteiger partial charge is 0.0836 e. The minimum Gasteiger partial charge on any atom is -0.316 e. The molecule has 1 heterocycles. The van der Waals surface area contributed by atoms with Crippen LogP contribution < -0.4 is 5.32 Å². The Morgan fingerprint density at radius 3 is 1.00 bits per heavy atom. The van der Waals surface area contributed by atoms with Crippen LogP contribution in [0.15, 0.2) is 75.9 Å². The normalized spacial score (nSPS) is 20.6. The number of hydrogen-bond donors (Lipinski definition) is 1. The van der Waals surface area contributed by atoms with E-state index in [-0.39, 0.29) is 0 Å². The number of hydrogen-bond acceptors (Lipinski definition) is 1. The molecule has 0 aromatic rings. The van der Waals surface area contributed by atoms with Crippen LogP contribution in [0.1, 0.15) is 12.8 Å². The van der Waals surface area contributed by atoms with Gasteiger partial charge in [-0.15, -0.1) is 39.5 Å². The van der Waals surface area contributed by atoms with Crippen molar-refractivity contribution in [2.24, 2.45) is 0 Å². The van der Waals surface area contributed by atoms with Crippen molar-refractivity contribution in [3.63, 3.8) is 0 Å². The van der Waals surface area contributed by atoms with E-state index in [4.69, 9.17) is 0 Å². The second-order valence-electron chi connectivity index (χ2n) is 7.53. The first-order valence-electron chi connectivity index (χ1n) is 9.49. The minimum absolute atomic E-state index is 0.623. The predicted octanol–water partition coefficient (Wildman–Crippen LogP) is 6.20. The summed E-state index contributed by atoms with van der Waals surface area (Å²) in [5.41, 5.74) is 1.25. The van der Waals surface area contributed by atoms with Gasteiger partial charge in [-0.05, 0) is 49.1 Å². The number of rotatable bonds is 14. The molecule has 0 aromatic carbocycles. The second kappa shape index (κ2) is 10.7. The Kier molecular flexibility index (Phi) is 9.40. The highest BCUT2D eigenvalue weighted by Crippen LogP contribution is 2.38. The molecule has 1 fully saturated rings. The third kappa shape index (κ3) is 5.16. The van der Waals surface area contributed by atoms with Gasteiger partial charge in [0, 0.05) is 11.3 Å². The lowest BCUT2D eigenvalue weighted by atomic mass is 10.4. The lowest BCUT2D eigenvalue weighted by Gasteiger charge is -2.39. The van der Waals surface area contributed by atoms with Crippen LogP contribution in [0.4, 0.5) is 0 Å². The van der Waals surface area contributed by atoms with Gasteiger partial charge in [0.2, 0.25) is 0 Å². The predicted molar refractivity (Wildman–Crippen MR) is 121 cm³/mol. The molecule has 138 valence electrons. The van der Waals surface area contributed by atoms with Crippen molar-refractivity contribution in [2.75, 3.05) is 0 Å². The lowest BCUT2D eigenvalue weighted by Crippen LogP contribution is -2.58. The van der Waals surface area contributed by atoms with Crippen LogP contribution >= 0.6 is 0 Å². The van der Waals surface area contributed by atoms with Crippen LogP contribution in [0.3, 0.4) is 0 Å². The highest BCUT2D eigenvalue weighted by Gasteiger charge is 2.47. The van der Waals surface area contributed by atoms with Crippen molar-refractivity contribution in [3.8, 4) is 0 Å². The van der Waals surface area contributed by atoms with Gasteiger partial charge in [-0.3, -0.25) is 0 Å². The van der Waals surface area contributed by atoms with Crippen LogP contribution in [0.25, 0.3) is 0 Å². The van der Waals surface area contributed by atoms with E-state index in [1.807, 2.05) is 0 Å². The maximum absolute atomic E-state index is 4.12. The standard InChI is InChI=1S/C22H37NSi2/c1-7-15-24(16-8-2,17-9-3)21-13-14-22(23-21)25(18-10-4,19-11-5)20-12-6/h7-12,21-23H,1-6,13-20H2. The van der Waals surface area contributed by atoms with Gasteiger partial charge in [-0.2, -0.15) is 0 Å². The van der Waals surface area contributed by atoms with Crippen LogP contribution in [0, 0.1) is 0 Å². The Labute approximate surface area is 158 Å². The van der Waals surface area contributed by atoms with Gasteiger partial charge in [0.25, 0.3) is 0 Å². The van der Waals surface area contributed by atoms with Crippen molar-refractivity contribution < 1.29 is 0 Å². The van der Waals surface area contributed by atoms with E-state index >= 15 is 0 Å². The number of nitrogens with one attached hydrogen (secondary N) is 1. The van der Waals surface area contributed by atoms with Gasteiger partial charge >= 0.3 is 0 Å². The summed E-state index contributed by atoms with van der Waals surface area (Å²) in [4.78, 5) is 0. The topological polar surface area (TPSA) is 12.0 Å². The molecular formula is C22H37NSi2. The van der Waals surface area contributed by atoms with E-state index in [0.717, 1.165) is 36.3 Å². The van der Waals surface area contributed by atoms with E-state index < -0.39 is 16.1 Å². The van der Waals surface area contributed by atoms with Gasteiger partial charge in [0.05, 0.1) is 16.1 Å². The van der Waals surface area contributed by atoms with E-state index in [1.54, 1.807) is 0 Å². The molecule has 0 amide bonds. The molecule has 1 nitrogen and oxygen atoms in total. The van der Waals surface area contributed by atoms with Crippen molar-refractivity contribution in [1.82, 2.24) is 5.32 Å². The molecule has 0 aromatic heterocycles. The fourth-order valence-electron chi connectivity index (χ4n) is 4.79. The van der Waals surface area contributed by atoms with Gasteiger partial charge in [0.1, 0.15) is 0 Å². The Morgan fingerprint density at radius 1 is 0.560 bits per heavy atom. The zero-order valence-electron chi connectivity index (χ0n) is 16.0. The summed E-state index contributed by atoms with van der Waals surface area (Å²) in [7, 11) is -3.14. The summed E-state index contributed by atoms with van der Waals surface area (Å²) < 4.78 is 0. The van der Waals surface area contributed by atoms with E-state index in [9.17, 15) is 0 Å². The van der Waals surface area contributed by atoms with Crippen LogP contribution in [-0.2, 0) is 0 Å². The molecule has 2 unspecified atom stereocenters. The zero-order chi connectivity index (χ0) is 18.8. The largest absolute Gasteiger partial charge is 0.316 e. The fourth-order valence-corrected chi connectivity index (χ4v) is 13.8. The average molecular weight is 372 g/mol. The third-order valence-corrected chi connectivity index (χ3v) is 16.4. The minimum atomic E-state index is -1.57. The Balaban J connectivity index is 3.11. The molecule has 1 saturated heterocycles. The molecule has 1 aliphatic heterocycles. The summed E-state index contributed by atoms with van der Waals surface area (Å²) in [6.07, 6.45) is 15.3. The highest BCUT2D eigenvalue weighted by molar-refractivity contribution is 6.84. The molecule has 1 N–H and O–H groups in total. The van der Waals surface area contributed by atoms with Crippen LogP contribution in [0.2, 0.25) is 36.3 Å². The Morgan fingerprint density at radius 2 is 0.800 bits per heavy atom. The molecule has 0 radical (unpaired) electrons. The van der Waals surface area contributed by atoms with E-state index in [1.165, 1.54) is 12.8 Å². The van der Waals surface area contributed by atoms with Gasteiger partial charge in [-0.25, -0.2) is 0 Å². The lowest BCUT2D eigenvalue weighted by molar-refractivity contribution is 0.702. The van der Waals surface area contributed by atoms with Crippen molar-refractivity contribution in [2.45, 2.75) is 60.4 Å². The maximum atomic E-state index is 4.12. The fraction of sp³-hybridized carbons (Fsp3) is 0.455. The Bertz CT molecular complexity index is 397. The third-order valence-electron chi connectivity index (χ3n) is 5.93. The molecule has 1 aliphatic rings. The molecule has 25 heavy (non-hydrogen) atoms. The molecule has 3 heteroatoms. The summed E-state index contributed by atoms with van der Waals surface area (Å²) in [5, 5.41) is 4.12. The van der Waals surface area contributed by atoms with E-state index in [2.05, 4.69) is 81.2 Å². The molecule has 0 spiro atoms. The summed E-state index contributed by atoms with van der Waals surface area (Å²) in [6, 6.07) is 6.80. The summed E-state index contributed by atoms with van der Waals surface area (Å²) >= 11 is 0. The maximum Gasteiger partial charge on any atom is 0.0836 e. The Hall–Kier alpha value is -1.17. The molecule has 0 saturated carbocycles. The quantitative estimate of drug-likeness (QED) is 0.283. The van der Waals surface area contributed by atoms with Crippen molar-refractivity contribution in [3.05, 3.63) is 75.9 Å². The van der Waals surface area contributed by atoms with Crippen LogP contribution in [0.5, 0.6) is 0 Å². The molecule has 2 atom stereocenters. The van der Waals surface area contributed by atoms with Crippen molar-refractivity contribution in [1.29, 1.82) is 0 Å². The monoisotopic (exact) mass is 371 g/mol.